The van der Waals surface area contributed by atoms with Crippen molar-refractivity contribution in [2.24, 2.45) is 0 Å². The number of hydrogen-bond donors (Lipinski definition) is 1. The first-order valence-electron chi connectivity index (χ1n) is 9.01. The lowest BCUT2D eigenvalue weighted by atomic mass is 10.0. The molecule has 0 saturated carbocycles. The van der Waals surface area contributed by atoms with E-state index in [1.165, 1.54) is 25.3 Å². The highest BCUT2D eigenvalue weighted by molar-refractivity contribution is 6.02. The number of fused-ring (bicyclic) bond motifs is 1. The van der Waals surface area contributed by atoms with Crippen molar-refractivity contribution >= 4 is 29.2 Å². The molecule has 10 nitrogen and oxygen atoms in total. The number of nitrogens with zero attached hydrogens (tertiary/aromatic N) is 2. The Labute approximate surface area is 171 Å². The number of benzene rings is 2. The van der Waals surface area contributed by atoms with Gasteiger partial charge >= 0.3 is 5.97 Å². The van der Waals surface area contributed by atoms with Crippen LogP contribution in [0.1, 0.15) is 18.0 Å². The van der Waals surface area contributed by atoms with Gasteiger partial charge in [0.05, 0.1) is 30.2 Å². The van der Waals surface area contributed by atoms with Gasteiger partial charge in [0.1, 0.15) is 12.3 Å². The van der Waals surface area contributed by atoms with Gasteiger partial charge in [0.15, 0.2) is 6.61 Å². The molecule has 0 aliphatic carbocycles. The number of nitro benzene ring substituents is 1. The third-order valence-corrected chi connectivity index (χ3v) is 4.53. The van der Waals surface area contributed by atoms with Gasteiger partial charge in [-0.1, -0.05) is 30.3 Å². The fraction of sp³-hybridized carbons (Fsp3) is 0.250. The molecule has 3 rings (SSSR count). The Morgan fingerprint density at radius 1 is 1.27 bits per heavy atom. The second-order valence-electron chi connectivity index (χ2n) is 6.49. The van der Waals surface area contributed by atoms with Crippen LogP contribution in [0.25, 0.3) is 0 Å². The molecule has 1 atom stereocenters. The minimum atomic E-state index is -0.660. The highest BCUT2D eigenvalue weighted by atomic mass is 16.6. The molecule has 0 bridgehead atoms. The van der Waals surface area contributed by atoms with Crippen molar-refractivity contribution in [1.82, 2.24) is 5.32 Å². The van der Waals surface area contributed by atoms with Crippen LogP contribution in [0.4, 0.5) is 11.4 Å². The first kappa shape index (κ1) is 20.8. The molecule has 1 heterocycles. The molecule has 2 aromatic rings. The number of nitrogens with one attached hydrogen (secondary N) is 1. The summed E-state index contributed by atoms with van der Waals surface area (Å²) in [5.41, 5.74) is 0.603. The Bertz CT molecular complexity index is 978. The van der Waals surface area contributed by atoms with Crippen LogP contribution >= 0.6 is 0 Å². The minimum Gasteiger partial charge on any atom is -0.482 e. The van der Waals surface area contributed by atoms with Gasteiger partial charge in [0, 0.05) is 12.1 Å². The molecule has 156 valence electrons. The van der Waals surface area contributed by atoms with Crippen molar-refractivity contribution in [3.63, 3.8) is 0 Å². The molecule has 0 saturated heterocycles. The standard InChI is InChI=1S/C20H19N3O7/c1-29-20(26)10-15(13-5-3-2-4-6-13)21-18(24)11-22-16-9-14(23(27)28)7-8-17(16)30-12-19(22)25/h2-9,15H,10-12H2,1H3,(H,21,24). The summed E-state index contributed by atoms with van der Waals surface area (Å²) < 4.78 is 9.99. The Hall–Kier alpha value is -3.95. The highest BCUT2D eigenvalue weighted by Crippen LogP contribution is 2.35. The van der Waals surface area contributed by atoms with Gasteiger partial charge in [0.2, 0.25) is 5.91 Å². The minimum absolute atomic E-state index is 0.0919. The Balaban J connectivity index is 1.80. The van der Waals surface area contributed by atoms with E-state index >= 15 is 0 Å². The van der Waals surface area contributed by atoms with E-state index in [-0.39, 0.29) is 36.7 Å². The summed E-state index contributed by atoms with van der Waals surface area (Å²) in [5, 5.41) is 13.8. The van der Waals surface area contributed by atoms with E-state index in [4.69, 9.17) is 9.47 Å². The molecule has 1 aliphatic heterocycles. The van der Waals surface area contributed by atoms with Crippen molar-refractivity contribution < 1.29 is 28.8 Å². The van der Waals surface area contributed by atoms with Crippen LogP contribution in [0.5, 0.6) is 5.75 Å². The van der Waals surface area contributed by atoms with Gasteiger partial charge in [-0.25, -0.2) is 0 Å². The number of ether oxygens (including phenoxy) is 2. The second-order valence-corrected chi connectivity index (χ2v) is 6.49. The van der Waals surface area contributed by atoms with Crippen LogP contribution in [-0.2, 0) is 19.1 Å². The van der Waals surface area contributed by atoms with Gasteiger partial charge in [-0.15, -0.1) is 0 Å². The third kappa shape index (κ3) is 4.72. The molecular formula is C20H19N3O7. The number of nitro groups is 1. The molecule has 1 aliphatic rings. The number of anilines is 1. The SMILES string of the molecule is COC(=O)CC(NC(=O)CN1C(=O)COc2ccc([N+](=O)[O-])cc21)c1ccccc1. The van der Waals surface area contributed by atoms with E-state index < -0.39 is 28.7 Å². The van der Waals surface area contributed by atoms with Crippen LogP contribution in [0.3, 0.4) is 0 Å². The number of methoxy groups -OCH3 is 1. The van der Waals surface area contributed by atoms with Gasteiger partial charge in [-0.2, -0.15) is 0 Å². The largest absolute Gasteiger partial charge is 0.482 e. The van der Waals surface area contributed by atoms with Crippen molar-refractivity contribution in [2.45, 2.75) is 12.5 Å². The molecule has 30 heavy (non-hydrogen) atoms. The van der Waals surface area contributed by atoms with Crippen LogP contribution in [0.2, 0.25) is 0 Å². The second kappa shape index (κ2) is 9.03. The molecule has 0 aromatic heterocycles. The molecule has 0 radical (unpaired) electrons. The van der Waals surface area contributed by atoms with Crippen LogP contribution in [-0.4, -0.2) is 43.0 Å². The number of rotatable bonds is 7. The van der Waals surface area contributed by atoms with E-state index in [0.717, 1.165) is 4.90 Å². The Morgan fingerprint density at radius 2 is 2.00 bits per heavy atom. The summed E-state index contributed by atoms with van der Waals surface area (Å²) in [5.74, 6) is -1.29. The lowest BCUT2D eigenvalue weighted by Crippen LogP contribution is -2.46. The zero-order valence-corrected chi connectivity index (χ0v) is 16.1. The van der Waals surface area contributed by atoms with Crippen molar-refractivity contribution in [2.75, 3.05) is 25.2 Å². The van der Waals surface area contributed by atoms with Gasteiger partial charge in [-0.05, 0) is 11.6 Å². The average molecular weight is 413 g/mol. The van der Waals surface area contributed by atoms with Crippen LogP contribution in [0.15, 0.2) is 48.5 Å². The monoisotopic (exact) mass is 413 g/mol. The average Bonchev–Trinajstić information content (AvgIpc) is 2.75. The first-order chi connectivity index (χ1) is 14.4. The summed E-state index contributed by atoms with van der Waals surface area (Å²) in [6.07, 6.45) is -0.0919. The summed E-state index contributed by atoms with van der Waals surface area (Å²) in [6.45, 7) is -0.677. The van der Waals surface area contributed by atoms with Crippen LogP contribution < -0.4 is 15.0 Å². The van der Waals surface area contributed by atoms with Crippen molar-refractivity contribution in [3.8, 4) is 5.75 Å². The Morgan fingerprint density at radius 3 is 2.67 bits per heavy atom. The summed E-state index contributed by atoms with van der Waals surface area (Å²) in [7, 11) is 1.25. The van der Waals surface area contributed by atoms with Gasteiger partial charge < -0.3 is 14.8 Å². The zero-order valence-electron chi connectivity index (χ0n) is 16.1. The number of esters is 1. The maximum absolute atomic E-state index is 12.7. The fourth-order valence-electron chi connectivity index (χ4n) is 3.05. The quantitative estimate of drug-likeness (QED) is 0.416. The molecule has 1 N–H and O–H groups in total. The van der Waals surface area contributed by atoms with E-state index in [1.54, 1.807) is 30.3 Å². The third-order valence-electron chi connectivity index (χ3n) is 4.53. The molecule has 0 fully saturated rings. The summed E-state index contributed by atoms with van der Waals surface area (Å²) in [6, 6.07) is 12.0. The normalized spacial score (nSPS) is 13.6. The number of hydrogen-bond acceptors (Lipinski definition) is 7. The number of carbonyl (C=O) groups is 3. The van der Waals surface area contributed by atoms with Gasteiger partial charge in [-0.3, -0.25) is 29.4 Å². The fourth-order valence-corrected chi connectivity index (χ4v) is 3.05. The van der Waals surface area contributed by atoms with E-state index in [1.807, 2.05) is 0 Å². The predicted molar refractivity (Wildman–Crippen MR) is 105 cm³/mol. The lowest BCUT2D eigenvalue weighted by Gasteiger charge is -2.29. The van der Waals surface area contributed by atoms with Crippen molar-refractivity contribution in [3.05, 3.63) is 64.2 Å². The van der Waals surface area contributed by atoms with E-state index in [0.29, 0.717) is 5.56 Å². The van der Waals surface area contributed by atoms with E-state index in [9.17, 15) is 24.5 Å². The van der Waals surface area contributed by atoms with Crippen molar-refractivity contribution in [1.29, 1.82) is 0 Å². The van der Waals surface area contributed by atoms with Gasteiger partial charge in [0.25, 0.3) is 11.6 Å². The highest BCUT2D eigenvalue weighted by Gasteiger charge is 2.30. The number of non-ortho nitro benzene ring substituents is 1. The first-order valence-corrected chi connectivity index (χ1v) is 9.01. The number of carbonyl (C=O) groups excluding carboxylic acids is 3. The molecule has 10 heteroatoms. The van der Waals surface area contributed by atoms with E-state index in [2.05, 4.69) is 5.32 Å². The predicted octanol–water partition coefficient (Wildman–Crippen LogP) is 1.74. The summed E-state index contributed by atoms with van der Waals surface area (Å²) >= 11 is 0. The summed E-state index contributed by atoms with van der Waals surface area (Å²) in [4.78, 5) is 48.4. The smallest absolute Gasteiger partial charge is 0.307 e. The molecular weight excluding hydrogens is 394 g/mol. The molecule has 2 aromatic carbocycles. The Kier molecular flexibility index (Phi) is 6.26. The molecule has 0 spiro atoms. The zero-order chi connectivity index (χ0) is 21.7. The lowest BCUT2D eigenvalue weighted by molar-refractivity contribution is -0.384. The topological polar surface area (TPSA) is 128 Å². The maximum Gasteiger partial charge on any atom is 0.307 e. The molecule has 1 unspecified atom stereocenters. The molecule has 2 amide bonds. The van der Waals surface area contributed by atoms with Crippen LogP contribution in [0, 0.1) is 10.1 Å². The maximum atomic E-state index is 12.7. The number of amides is 2.